The normalized spacial score (nSPS) is 30.0. The van der Waals surface area contributed by atoms with Crippen LogP contribution in [0.25, 0.3) is 0 Å². The molecule has 3 aliphatic heterocycles. The second-order valence-electron chi connectivity index (χ2n) is 8.82. The summed E-state index contributed by atoms with van der Waals surface area (Å²) in [5.74, 6) is 1.39. The molecule has 0 aromatic carbocycles. The van der Waals surface area contributed by atoms with Gasteiger partial charge in [0.15, 0.2) is 0 Å². The summed E-state index contributed by atoms with van der Waals surface area (Å²) in [4.78, 5) is 29.2. The number of likely N-dealkylation sites (tertiary alicyclic amines) is 1. The Bertz CT molecular complexity index is 676. The summed E-state index contributed by atoms with van der Waals surface area (Å²) in [5, 5.41) is 9.85. The Morgan fingerprint density at radius 3 is 2.93 bits per heavy atom. The molecule has 28 heavy (non-hydrogen) atoms. The van der Waals surface area contributed by atoms with Crippen molar-refractivity contribution in [1.82, 2.24) is 25.3 Å². The predicted octanol–water partition coefficient (Wildman–Crippen LogP) is 1.57. The minimum Gasteiger partial charge on any atom is -0.355 e. The summed E-state index contributed by atoms with van der Waals surface area (Å²) in [6.07, 6.45) is 11.1. The molecular weight excluding hydrogens is 354 g/mol. The lowest BCUT2D eigenvalue weighted by Gasteiger charge is -2.56. The average Bonchev–Trinajstić information content (AvgIpc) is 3.21. The molecule has 4 heterocycles. The Kier molecular flexibility index (Phi) is 5.99. The van der Waals surface area contributed by atoms with Gasteiger partial charge in [-0.25, -0.2) is 0 Å². The Morgan fingerprint density at radius 1 is 1.29 bits per heavy atom. The van der Waals surface area contributed by atoms with E-state index in [1.165, 1.54) is 25.7 Å². The summed E-state index contributed by atoms with van der Waals surface area (Å²) in [5.41, 5.74) is 1.16. The number of amides is 2. The lowest BCUT2D eigenvalue weighted by atomic mass is 9.72. The number of nitrogens with zero attached hydrogens (tertiary/aromatic N) is 3. The third-order valence-corrected chi connectivity index (χ3v) is 6.95. The van der Waals surface area contributed by atoms with Gasteiger partial charge in [0.05, 0.1) is 6.20 Å². The number of aryl methyl sites for hydroxylation is 1. The van der Waals surface area contributed by atoms with Crippen LogP contribution < -0.4 is 5.32 Å². The molecule has 7 heteroatoms. The standard InChI is InChI=1S/C21H33N5O2/c1-15(27)22-12-20-18-9-17(19-6-2-3-8-26(19)20)13-25(14-18)21(28)7-4-5-16-10-23-24-11-16/h10-11,17-20H,2-9,12-14H2,1H3,(H,22,27)(H,23,24)/t17-,18+,19+,20+/m1/s1. The molecule has 1 aromatic rings. The van der Waals surface area contributed by atoms with Gasteiger partial charge in [-0.05, 0) is 56.0 Å². The number of fused-ring (bicyclic) bond motifs is 4. The van der Waals surface area contributed by atoms with Gasteiger partial charge >= 0.3 is 0 Å². The molecule has 0 radical (unpaired) electrons. The molecular formula is C21H33N5O2. The number of nitrogens with one attached hydrogen (secondary N) is 2. The number of hydrogen-bond acceptors (Lipinski definition) is 4. The zero-order valence-electron chi connectivity index (χ0n) is 16.9. The number of H-pyrrole nitrogens is 1. The van der Waals surface area contributed by atoms with Crippen LogP contribution in [-0.2, 0) is 16.0 Å². The maximum absolute atomic E-state index is 12.9. The van der Waals surface area contributed by atoms with Crippen LogP contribution >= 0.6 is 0 Å². The van der Waals surface area contributed by atoms with Crippen LogP contribution in [0.4, 0.5) is 0 Å². The predicted molar refractivity (Wildman–Crippen MR) is 107 cm³/mol. The van der Waals surface area contributed by atoms with E-state index in [9.17, 15) is 9.59 Å². The van der Waals surface area contributed by atoms with Crippen LogP contribution in [0.3, 0.4) is 0 Å². The Balaban J connectivity index is 1.39. The molecule has 3 fully saturated rings. The minimum absolute atomic E-state index is 0.0404. The fourth-order valence-corrected chi connectivity index (χ4v) is 5.66. The van der Waals surface area contributed by atoms with Gasteiger partial charge in [-0.1, -0.05) is 6.42 Å². The molecule has 3 aliphatic rings. The first kappa shape index (κ1) is 19.4. The van der Waals surface area contributed by atoms with E-state index in [4.69, 9.17) is 0 Å². The highest BCUT2D eigenvalue weighted by atomic mass is 16.2. The fraction of sp³-hybridized carbons (Fsp3) is 0.762. The summed E-state index contributed by atoms with van der Waals surface area (Å²) < 4.78 is 0. The van der Waals surface area contributed by atoms with Gasteiger partial charge in [0.2, 0.25) is 11.8 Å². The monoisotopic (exact) mass is 387 g/mol. The second-order valence-corrected chi connectivity index (χ2v) is 8.82. The summed E-state index contributed by atoms with van der Waals surface area (Å²) in [6, 6.07) is 0.942. The molecule has 0 spiro atoms. The molecule has 154 valence electrons. The number of carbonyl (C=O) groups is 2. The van der Waals surface area contributed by atoms with Crippen LogP contribution in [0.5, 0.6) is 0 Å². The Labute approximate surface area is 167 Å². The zero-order chi connectivity index (χ0) is 19.5. The smallest absolute Gasteiger partial charge is 0.222 e. The van der Waals surface area contributed by atoms with E-state index in [-0.39, 0.29) is 5.91 Å². The third-order valence-electron chi connectivity index (χ3n) is 6.95. The van der Waals surface area contributed by atoms with Crippen LogP contribution in [0.2, 0.25) is 0 Å². The van der Waals surface area contributed by atoms with Crippen molar-refractivity contribution >= 4 is 11.8 Å². The molecule has 1 aromatic heterocycles. The van der Waals surface area contributed by atoms with E-state index >= 15 is 0 Å². The number of aromatic amines is 1. The van der Waals surface area contributed by atoms with Crippen molar-refractivity contribution in [2.45, 2.75) is 64.0 Å². The lowest BCUT2D eigenvalue weighted by Crippen LogP contribution is -2.66. The fourth-order valence-electron chi connectivity index (χ4n) is 5.66. The number of aromatic nitrogens is 2. The highest BCUT2D eigenvalue weighted by Gasteiger charge is 2.47. The first-order chi connectivity index (χ1) is 13.6. The van der Waals surface area contributed by atoms with Gasteiger partial charge in [-0.2, -0.15) is 5.10 Å². The number of hydrogen-bond donors (Lipinski definition) is 2. The Morgan fingerprint density at radius 2 is 2.14 bits per heavy atom. The van der Waals surface area contributed by atoms with Crippen molar-refractivity contribution in [3.63, 3.8) is 0 Å². The molecule has 0 saturated carbocycles. The van der Waals surface area contributed by atoms with Crippen molar-refractivity contribution in [2.24, 2.45) is 11.8 Å². The molecule has 4 atom stereocenters. The highest BCUT2D eigenvalue weighted by Crippen LogP contribution is 2.41. The van der Waals surface area contributed by atoms with Crippen molar-refractivity contribution in [3.05, 3.63) is 18.0 Å². The lowest BCUT2D eigenvalue weighted by molar-refractivity contribution is -0.141. The first-order valence-electron chi connectivity index (χ1n) is 10.9. The van der Waals surface area contributed by atoms with E-state index in [0.29, 0.717) is 42.8 Å². The SMILES string of the molecule is CC(=O)NC[C@H]1[C@H]2C[C@H](CN(C(=O)CCCc3cn[nH]c3)C2)[C@@H]2CCCCN21. The number of rotatable bonds is 6. The number of carbonyl (C=O) groups excluding carboxylic acids is 2. The highest BCUT2D eigenvalue weighted by molar-refractivity contribution is 5.76. The van der Waals surface area contributed by atoms with E-state index < -0.39 is 0 Å². The molecule has 4 rings (SSSR count). The third kappa shape index (κ3) is 4.24. The second kappa shape index (κ2) is 8.64. The maximum atomic E-state index is 12.9. The van der Waals surface area contributed by atoms with E-state index in [1.807, 2.05) is 12.4 Å². The first-order valence-corrected chi connectivity index (χ1v) is 10.9. The number of piperidine rings is 3. The largest absolute Gasteiger partial charge is 0.355 e. The van der Waals surface area contributed by atoms with Gasteiger partial charge in [0, 0.05) is 51.3 Å². The van der Waals surface area contributed by atoms with E-state index in [0.717, 1.165) is 38.0 Å². The van der Waals surface area contributed by atoms with Crippen LogP contribution in [0.1, 0.15) is 51.0 Å². The van der Waals surface area contributed by atoms with Crippen LogP contribution in [-0.4, -0.2) is 70.1 Å². The van der Waals surface area contributed by atoms with Gasteiger partial charge < -0.3 is 10.2 Å². The maximum Gasteiger partial charge on any atom is 0.222 e. The van der Waals surface area contributed by atoms with Crippen molar-refractivity contribution in [3.8, 4) is 0 Å². The molecule has 2 bridgehead atoms. The van der Waals surface area contributed by atoms with Gasteiger partial charge in [0.1, 0.15) is 0 Å². The van der Waals surface area contributed by atoms with Gasteiger partial charge in [0.25, 0.3) is 0 Å². The molecule has 3 saturated heterocycles. The van der Waals surface area contributed by atoms with Gasteiger partial charge in [-0.15, -0.1) is 0 Å². The van der Waals surface area contributed by atoms with Crippen molar-refractivity contribution in [1.29, 1.82) is 0 Å². The van der Waals surface area contributed by atoms with Crippen LogP contribution in [0, 0.1) is 11.8 Å². The topological polar surface area (TPSA) is 81.3 Å². The van der Waals surface area contributed by atoms with E-state index in [1.54, 1.807) is 6.92 Å². The molecule has 0 unspecified atom stereocenters. The summed E-state index contributed by atoms with van der Waals surface area (Å²) in [6.45, 7) is 5.20. The quantitative estimate of drug-likeness (QED) is 0.776. The molecule has 2 N–H and O–H groups in total. The molecule has 2 amide bonds. The van der Waals surface area contributed by atoms with Crippen molar-refractivity contribution < 1.29 is 9.59 Å². The molecule has 7 nitrogen and oxygen atoms in total. The molecule has 0 aliphatic carbocycles. The Hall–Kier alpha value is -1.89. The summed E-state index contributed by atoms with van der Waals surface area (Å²) >= 11 is 0. The van der Waals surface area contributed by atoms with E-state index in [2.05, 4.69) is 25.3 Å². The zero-order valence-corrected chi connectivity index (χ0v) is 16.9. The average molecular weight is 388 g/mol. The van der Waals surface area contributed by atoms with Gasteiger partial charge in [-0.3, -0.25) is 19.6 Å². The summed E-state index contributed by atoms with van der Waals surface area (Å²) in [7, 11) is 0. The van der Waals surface area contributed by atoms with Crippen molar-refractivity contribution in [2.75, 3.05) is 26.2 Å². The van der Waals surface area contributed by atoms with Crippen LogP contribution in [0.15, 0.2) is 12.4 Å². The minimum atomic E-state index is 0.0404.